The first-order valence-corrected chi connectivity index (χ1v) is 11.1. The van der Waals surface area contributed by atoms with Gasteiger partial charge < -0.3 is 23.8 Å². The molecule has 0 bridgehead atoms. The molecule has 1 aliphatic rings. The molecule has 0 spiro atoms. The van der Waals surface area contributed by atoms with Crippen molar-refractivity contribution < 1.29 is 84.8 Å². The third-order valence-corrected chi connectivity index (χ3v) is 5.32. The van der Waals surface area contributed by atoms with Crippen molar-refractivity contribution in [3.8, 4) is 5.75 Å². The fourth-order valence-corrected chi connectivity index (χ4v) is 3.37. The summed E-state index contributed by atoms with van der Waals surface area (Å²) < 4.78 is 22.2. The number of benzene rings is 2. The molecule has 0 amide bonds. The maximum Gasteiger partial charge on any atom is 1.00 e. The summed E-state index contributed by atoms with van der Waals surface area (Å²) in [5.74, 6) is -0.194. The molecule has 7 nitrogen and oxygen atoms in total. The van der Waals surface area contributed by atoms with E-state index in [1.165, 1.54) is 0 Å². The minimum atomic E-state index is -2.56. The first-order chi connectivity index (χ1) is 15.3. The van der Waals surface area contributed by atoms with Crippen molar-refractivity contribution in [1.82, 2.24) is 0 Å². The van der Waals surface area contributed by atoms with E-state index in [1.807, 2.05) is 13.8 Å². The van der Waals surface area contributed by atoms with Crippen molar-refractivity contribution in [3.63, 3.8) is 0 Å². The van der Waals surface area contributed by atoms with E-state index < -0.39 is 18.3 Å². The first kappa shape index (κ1) is 29.2. The van der Waals surface area contributed by atoms with E-state index in [9.17, 15) is 14.6 Å². The van der Waals surface area contributed by atoms with E-state index >= 15 is 0 Å². The van der Waals surface area contributed by atoms with Gasteiger partial charge in [0.15, 0.2) is 11.4 Å². The van der Waals surface area contributed by atoms with E-state index in [-0.39, 0.29) is 68.7 Å². The molecule has 3 rings (SSSR count). The topological polar surface area (TPSA) is 91.3 Å². The average Bonchev–Trinajstić information content (AvgIpc) is 2.75. The zero-order valence-electron chi connectivity index (χ0n) is 21.1. The van der Waals surface area contributed by atoms with Crippen LogP contribution < -0.4 is 61.6 Å². The number of rotatable bonds is 7. The minimum Gasteiger partial charge on any atom is -0.555 e. The third-order valence-electron chi connectivity index (χ3n) is 5.32. The van der Waals surface area contributed by atoms with Gasteiger partial charge in [0.2, 0.25) is 0 Å². The molecule has 2 aromatic carbocycles. The molecule has 1 N–H and O–H groups in total. The fraction of sp³-hybridized carbons (Fsp3) is 0.440. The van der Waals surface area contributed by atoms with Crippen molar-refractivity contribution in [3.05, 3.63) is 59.7 Å². The normalized spacial score (nSPS) is 16.9. The first-order valence-electron chi connectivity index (χ1n) is 11.1. The summed E-state index contributed by atoms with van der Waals surface area (Å²) in [6, 6.07) is 13.1. The second kappa shape index (κ2) is 11.3. The van der Waals surface area contributed by atoms with Gasteiger partial charge in [0.05, 0.1) is 6.10 Å². The Bertz CT molecular complexity index is 991. The maximum atomic E-state index is 12.9. The van der Waals surface area contributed by atoms with Crippen molar-refractivity contribution in [2.45, 2.75) is 53.2 Å². The zero-order valence-corrected chi connectivity index (χ0v) is 24.2. The quantitative estimate of drug-likeness (QED) is 0.335. The molecule has 1 aliphatic heterocycles. The number of carbonyl (C=O) groups excluding carboxylic acids is 2. The summed E-state index contributed by atoms with van der Waals surface area (Å²) in [6.45, 7) is 9.02. The Morgan fingerprint density at radius 3 is 1.91 bits per heavy atom. The van der Waals surface area contributed by atoms with Gasteiger partial charge in [0.1, 0.15) is 5.75 Å². The predicted octanol–water partition coefficient (Wildman–Crippen LogP) is 0.242. The smallest absolute Gasteiger partial charge is 0.555 e. The van der Waals surface area contributed by atoms with E-state index in [2.05, 4.69) is 0 Å². The van der Waals surface area contributed by atoms with E-state index in [0.29, 0.717) is 35.6 Å². The number of hydrogen-bond donors (Lipinski definition) is 1. The number of hydrogen-bond acceptors (Lipinski definition) is 7. The molecule has 178 valence electrons. The second-order valence-corrected chi connectivity index (χ2v) is 10.0. The molecule has 0 radical (unpaired) electrons. The maximum absolute atomic E-state index is 12.9. The molecule has 0 saturated carbocycles. The van der Waals surface area contributed by atoms with Gasteiger partial charge in [-0.05, 0) is 52.0 Å². The van der Waals surface area contributed by atoms with Crippen LogP contribution in [0.2, 0.25) is 0 Å². The average molecular weight is 494 g/mol. The Morgan fingerprint density at radius 1 is 0.971 bits per heavy atom. The van der Waals surface area contributed by atoms with Gasteiger partial charge in [-0.2, -0.15) is 0 Å². The van der Waals surface area contributed by atoms with Crippen LogP contribution in [0.4, 0.5) is 0 Å². The fourth-order valence-electron chi connectivity index (χ4n) is 3.37. The van der Waals surface area contributed by atoms with Crippen molar-refractivity contribution in [2.24, 2.45) is 5.41 Å². The summed E-state index contributed by atoms with van der Waals surface area (Å²) in [5, 5.41) is 10.7. The molecular formula is C25H32BKO7. The predicted molar refractivity (Wildman–Crippen MR) is 126 cm³/mol. The van der Waals surface area contributed by atoms with Gasteiger partial charge in [0, 0.05) is 29.8 Å². The molecule has 9 heteroatoms. The Balaban J connectivity index is 0.00000408. The van der Waals surface area contributed by atoms with E-state index in [1.54, 1.807) is 76.2 Å². The Morgan fingerprint density at radius 2 is 1.44 bits per heavy atom. The van der Waals surface area contributed by atoms with Crippen molar-refractivity contribution in [2.75, 3.05) is 13.2 Å². The third kappa shape index (κ3) is 7.24. The number of ether oxygens (including phenoxy) is 2. The van der Waals surface area contributed by atoms with Gasteiger partial charge >= 0.3 is 64.1 Å². The molecular weight excluding hydrogens is 462 g/mol. The SMILES string of the molecule is CC(C)OC(=O)C(C)(C)Oc1ccc(C(=O)c2ccc([B-]3(O)OCC(C)(C)CO3)cc2)cc1.[K+]. The van der Waals surface area contributed by atoms with Crippen LogP contribution in [0.5, 0.6) is 5.75 Å². The molecule has 2 aromatic rings. The molecule has 1 saturated heterocycles. The number of esters is 1. The molecule has 0 aromatic heterocycles. The van der Waals surface area contributed by atoms with Gasteiger partial charge in [-0.15, -0.1) is 5.46 Å². The summed E-state index contributed by atoms with van der Waals surface area (Å²) in [6.07, 6.45) is -0.239. The van der Waals surface area contributed by atoms with Crippen molar-refractivity contribution in [1.29, 1.82) is 0 Å². The monoisotopic (exact) mass is 494 g/mol. The summed E-state index contributed by atoms with van der Waals surface area (Å²) in [7, 11) is 0. The number of carbonyl (C=O) groups is 2. The Hall–Kier alpha value is -1.04. The van der Waals surface area contributed by atoms with Gasteiger partial charge in [-0.3, -0.25) is 4.79 Å². The standard InChI is InChI=1S/C25H32BO7.K/c1-17(2)32-23(28)25(5,6)33-21-13-9-19(10-14-21)22(27)18-7-11-20(12-8-18)26(29)30-15-24(3,4)16-31-26;/h7-14,17,29H,15-16H2,1-6H3;/q-1;+1. The van der Waals surface area contributed by atoms with Crippen molar-refractivity contribution >= 4 is 24.0 Å². The summed E-state index contributed by atoms with van der Waals surface area (Å²) in [5.41, 5.74) is 0.0921. The summed E-state index contributed by atoms with van der Waals surface area (Å²) in [4.78, 5) is 25.1. The van der Waals surface area contributed by atoms with Crippen LogP contribution in [-0.4, -0.2) is 48.4 Å². The van der Waals surface area contributed by atoms with Crippen LogP contribution in [0.3, 0.4) is 0 Å². The van der Waals surface area contributed by atoms with Crippen LogP contribution in [0.1, 0.15) is 57.5 Å². The zero-order chi connectivity index (χ0) is 24.4. The molecule has 0 unspecified atom stereocenters. The molecule has 0 aliphatic carbocycles. The second-order valence-electron chi connectivity index (χ2n) is 10.0. The Labute approximate surface area is 243 Å². The summed E-state index contributed by atoms with van der Waals surface area (Å²) >= 11 is 0. The molecule has 34 heavy (non-hydrogen) atoms. The van der Waals surface area contributed by atoms with Crippen LogP contribution >= 0.6 is 0 Å². The van der Waals surface area contributed by atoms with Gasteiger partial charge in [-0.1, -0.05) is 38.1 Å². The van der Waals surface area contributed by atoms with Crippen LogP contribution in [0.25, 0.3) is 0 Å². The molecule has 0 atom stereocenters. The van der Waals surface area contributed by atoms with Crippen LogP contribution in [0.15, 0.2) is 48.5 Å². The molecule has 1 fully saturated rings. The number of ketones is 1. The van der Waals surface area contributed by atoms with E-state index in [4.69, 9.17) is 18.8 Å². The van der Waals surface area contributed by atoms with E-state index in [0.717, 1.165) is 0 Å². The molecule has 1 heterocycles. The van der Waals surface area contributed by atoms with Gasteiger partial charge in [0.25, 0.3) is 0 Å². The van der Waals surface area contributed by atoms with Crippen LogP contribution in [0, 0.1) is 5.41 Å². The Kier molecular flexibility index (Phi) is 9.74. The minimum absolute atomic E-state index is 0. The van der Waals surface area contributed by atoms with Crippen LogP contribution in [-0.2, 0) is 18.8 Å². The van der Waals surface area contributed by atoms with Gasteiger partial charge in [-0.25, -0.2) is 4.79 Å². The largest absolute Gasteiger partial charge is 1.00 e.